The maximum Gasteiger partial charge on any atom is 0.0788 e. The Morgan fingerprint density at radius 3 is 2.53 bits per heavy atom. The molecule has 17 heavy (non-hydrogen) atoms. The van der Waals surface area contributed by atoms with Crippen LogP contribution in [-0.4, -0.2) is 5.71 Å². The first-order valence-electron chi connectivity index (χ1n) is 5.90. The molecule has 1 heterocycles. The molecule has 0 atom stereocenters. The van der Waals surface area contributed by atoms with Crippen molar-refractivity contribution in [3.63, 3.8) is 0 Å². The summed E-state index contributed by atoms with van der Waals surface area (Å²) in [6.07, 6.45) is 3.31. The second-order valence-electron chi connectivity index (χ2n) is 4.46. The van der Waals surface area contributed by atoms with Crippen LogP contribution in [0.4, 0.5) is 5.69 Å². The summed E-state index contributed by atoms with van der Waals surface area (Å²) < 4.78 is 0. The fourth-order valence-electron chi connectivity index (χ4n) is 2.66. The highest BCUT2D eigenvalue weighted by Gasteiger charge is 2.25. The standard InChI is InChI=1S/C16H11N/c1-2-6-12-11(5-1)9-10-14-13-7-3-4-8-15(13)17-16(12)14/h1-8,10H,9H2. The molecule has 1 aliphatic carbocycles. The Balaban J connectivity index is 1.99. The minimum atomic E-state index is 1.01. The predicted molar refractivity (Wildman–Crippen MR) is 70.8 cm³/mol. The summed E-state index contributed by atoms with van der Waals surface area (Å²) in [6, 6.07) is 16.9. The lowest BCUT2D eigenvalue weighted by Gasteiger charge is -2.15. The van der Waals surface area contributed by atoms with Crippen molar-refractivity contribution in [2.45, 2.75) is 6.42 Å². The first-order valence-corrected chi connectivity index (χ1v) is 5.90. The number of aliphatic imine (C=N–C) groups is 1. The lowest BCUT2D eigenvalue weighted by Crippen LogP contribution is -2.09. The maximum absolute atomic E-state index is 4.76. The topological polar surface area (TPSA) is 12.4 Å². The average Bonchev–Trinajstić information content (AvgIpc) is 2.78. The molecule has 4 rings (SSSR count). The molecule has 0 radical (unpaired) electrons. The number of allylic oxidation sites excluding steroid dienone is 2. The van der Waals surface area contributed by atoms with Crippen LogP contribution in [0.1, 0.15) is 16.7 Å². The molecule has 2 aromatic rings. The van der Waals surface area contributed by atoms with Gasteiger partial charge in [0, 0.05) is 16.7 Å². The molecule has 0 N–H and O–H groups in total. The summed E-state index contributed by atoms with van der Waals surface area (Å²) in [5.74, 6) is 0. The van der Waals surface area contributed by atoms with E-state index >= 15 is 0 Å². The summed E-state index contributed by atoms with van der Waals surface area (Å²) in [7, 11) is 0. The number of hydrogen-bond donors (Lipinski definition) is 0. The Labute approximate surface area is 100 Å². The second-order valence-corrected chi connectivity index (χ2v) is 4.46. The summed E-state index contributed by atoms with van der Waals surface area (Å²) >= 11 is 0. The lowest BCUT2D eigenvalue weighted by molar-refractivity contribution is 1.25. The monoisotopic (exact) mass is 217 g/mol. The third-order valence-electron chi connectivity index (χ3n) is 3.48. The fourth-order valence-corrected chi connectivity index (χ4v) is 2.66. The molecule has 80 valence electrons. The Bertz CT molecular complexity index is 677. The third-order valence-corrected chi connectivity index (χ3v) is 3.48. The van der Waals surface area contributed by atoms with Crippen molar-refractivity contribution in [3.05, 3.63) is 71.3 Å². The number of rotatable bonds is 0. The molecular weight excluding hydrogens is 206 g/mol. The van der Waals surface area contributed by atoms with Crippen LogP contribution in [0.2, 0.25) is 0 Å². The number of hydrogen-bond acceptors (Lipinski definition) is 1. The van der Waals surface area contributed by atoms with Gasteiger partial charge >= 0.3 is 0 Å². The van der Waals surface area contributed by atoms with Gasteiger partial charge in [-0.3, -0.25) is 0 Å². The van der Waals surface area contributed by atoms with Gasteiger partial charge in [0.25, 0.3) is 0 Å². The molecule has 0 saturated heterocycles. The molecule has 0 unspecified atom stereocenters. The maximum atomic E-state index is 4.76. The van der Waals surface area contributed by atoms with E-state index in [1.165, 1.54) is 22.3 Å². The Kier molecular flexibility index (Phi) is 1.67. The molecule has 2 aliphatic rings. The van der Waals surface area contributed by atoms with Gasteiger partial charge in [-0.2, -0.15) is 0 Å². The Morgan fingerprint density at radius 1 is 0.824 bits per heavy atom. The molecule has 0 bridgehead atoms. The zero-order chi connectivity index (χ0) is 11.2. The number of para-hydroxylation sites is 1. The van der Waals surface area contributed by atoms with Crippen molar-refractivity contribution >= 4 is 17.0 Å². The molecule has 2 aromatic carbocycles. The summed E-state index contributed by atoms with van der Waals surface area (Å²) in [6.45, 7) is 0. The minimum absolute atomic E-state index is 1.01. The van der Waals surface area contributed by atoms with Crippen LogP contribution in [-0.2, 0) is 6.42 Å². The van der Waals surface area contributed by atoms with E-state index in [0.717, 1.165) is 17.8 Å². The zero-order valence-electron chi connectivity index (χ0n) is 9.35. The molecule has 1 nitrogen and oxygen atoms in total. The van der Waals surface area contributed by atoms with Crippen molar-refractivity contribution < 1.29 is 0 Å². The van der Waals surface area contributed by atoms with Gasteiger partial charge in [0.05, 0.1) is 11.4 Å². The van der Waals surface area contributed by atoms with Gasteiger partial charge < -0.3 is 0 Å². The van der Waals surface area contributed by atoms with Crippen molar-refractivity contribution in [1.29, 1.82) is 0 Å². The lowest BCUT2D eigenvalue weighted by atomic mass is 9.88. The van der Waals surface area contributed by atoms with Gasteiger partial charge in [0.2, 0.25) is 0 Å². The van der Waals surface area contributed by atoms with Crippen molar-refractivity contribution in [1.82, 2.24) is 0 Å². The van der Waals surface area contributed by atoms with Gasteiger partial charge in [-0.25, -0.2) is 4.99 Å². The molecule has 0 spiro atoms. The van der Waals surface area contributed by atoms with Crippen LogP contribution in [0.5, 0.6) is 0 Å². The van der Waals surface area contributed by atoms with Crippen molar-refractivity contribution in [2.24, 2.45) is 4.99 Å². The molecule has 0 amide bonds. The van der Waals surface area contributed by atoms with Gasteiger partial charge in [0.1, 0.15) is 0 Å². The highest BCUT2D eigenvalue weighted by molar-refractivity contribution is 6.37. The van der Waals surface area contributed by atoms with E-state index in [0.29, 0.717) is 0 Å². The van der Waals surface area contributed by atoms with E-state index < -0.39 is 0 Å². The van der Waals surface area contributed by atoms with Crippen LogP contribution in [0, 0.1) is 0 Å². The van der Waals surface area contributed by atoms with Crippen LogP contribution >= 0.6 is 0 Å². The molecule has 0 saturated carbocycles. The van der Waals surface area contributed by atoms with Gasteiger partial charge in [-0.15, -0.1) is 0 Å². The Hall–Kier alpha value is -2.15. The molecule has 1 heteroatoms. The van der Waals surface area contributed by atoms with E-state index in [9.17, 15) is 0 Å². The van der Waals surface area contributed by atoms with Crippen molar-refractivity contribution in [3.8, 4) is 0 Å². The quantitative estimate of drug-likeness (QED) is 0.637. The average molecular weight is 217 g/mol. The molecular formula is C16H11N. The third kappa shape index (κ3) is 1.17. The van der Waals surface area contributed by atoms with E-state index in [4.69, 9.17) is 4.99 Å². The summed E-state index contributed by atoms with van der Waals surface area (Å²) in [5.41, 5.74) is 7.50. The predicted octanol–water partition coefficient (Wildman–Crippen LogP) is 3.76. The Morgan fingerprint density at radius 2 is 1.59 bits per heavy atom. The zero-order valence-corrected chi connectivity index (χ0v) is 9.35. The molecule has 1 aliphatic heterocycles. The number of nitrogens with zero attached hydrogens (tertiary/aromatic N) is 1. The number of fused-ring (bicyclic) bond motifs is 5. The highest BCUT2D eigenvalue weighted by atomic mass is 14.8. The van der Waals surface area contributed by atoms with E-state index in [-0.39, 0.29) is 0 Å². The summed E-state index contributed by atoms with van der Waals surface area (Å²) in [5, 5.41) is 0. The van der Waals surface area contributed by atoms with E-state index in [1.54, 1.807) is 0 Å². The SMILES string of the molecule is C1=C2C(=Nc3ccccc32)c2ccccc2C1. The van der Waals surface area contributed by atoms with Crippen LogP contribution < -0.4 is 0 Å². The smallest absolute Gasteiger partial charge is 0.0788 e. The van der Waals surface area contributed by atoms with E-state index in [2.05, 4.69) is 48.5 Å². The first-order chi connectivity index (χ1) is 8.43. The molecule has 0 fully saturated rings. The minimum Gasteiger partial charge on any atom is -0.247 e. The second kappa shape index (κ2) is 3.17. The van der Waals surface area contributed by atoms with Crippen LogP contribution in [0.15, 0.2) is 59.6 Å². The van der Waals surface area contributed by atoms with Gasteiger partial charge in [0.15, 0.2) is 0 Å². The van der Waals surface area contributed by atoms with Crippen LogP contribution in [0.25, 0.3) is 5.57 Å². The fraction of sp³-hybridized carbons (Fsp3) is 0.0625. The highest BCUT2D eigenvalue weighted by Crippen LogP contribution is 2.39. The van der Waals surface area contributed by atoms with Gasteiger partial charge in [-0.1, -0.05) is 48.5 Å². The van der Waals surface area contributed by atoms with Crippen LogP contribution in [0.3, 0.4) is 0 Å². The van der Waals surface area contributed by atoms with E-state index in [1.807, 2.05) is 6.07 Å². The van der Waals surface area contributed by atoms with Gasteiger partial charge in [-0.05, 0) is 18.1 Å². The largest absolute Gasteiger partial charge is 0.247 e. The first kappa shape index (κ1) is 8.94. The number of benzene rings is 2. The van der Waals surface area contributed by atoms with Crippen molar-refractivity contribution in [2.75, 3.05) is 0 Å². The molecule has 0 aromatic heterocycles. The summed E-state index contributed by atoms with van der Waals surface area (Å²) in [4.78, 5) is 4.76. The normalized spacial score (nSPS) is 15.5.